The quantitative estimate of drug-likeness (QED) is 0.775. The van der Waals surface area contributed by atoms with Gasteiger partial charge in [0.05, 0.1) is 0 Å². The number of likely N-dealkylation sites (tertiary alicyclic amines) is 2. The van der Waals surface area contributed by atoms with Crippen LogP contribution in [0.15, 0.2) is 30.3 Å². The highest BCUT2D eigenvalue weighted by atomic mass is 16.6. The number of piperidine rings is 1. The Morgan fingerprint density at radius 2 is 1.54 bits per heavy atom. The molecule has 0 aliphatic carbocycles. The smallest absolute Gasteiger partial charge is 0.410 e. The second-order valence-electron chi connectivity index (χ2n) is 8.84. The van der Waals surface area contributed by atoms with E-state index in [1.165, 1.54) is 0 Å². The number of benzene rings is 1. The van der Waals surface area contributed by atoms with E-state index in [-0.39, 0.29) is 12.2 Å². The van der Waals surface area contributed by atoms with E-state index in [0.717, 1.165) is 51.0 Å². The second kappa shape index (κ2) is 8.84. The molecule has 6 heteroatoms. The molecule has 0 aromatic heterocycles. The molecule has 2 aliphatic heterocycles. The van der Waals surface area contributed by atoms with Crippen molar-refractivity contribution in [3.8, 4) is 0 Å². The molecule has 0 bridgehead atoms. The summed E-state index contributed by atoms with van der Waals surface area (Å²) in [6, 6.07) is 9.75. The highest BCUT2D eigenvalue weighted by molar-refractivity contribution is 5.68. The third kappa shape index (κ3) is 5.63. The Morgan fingerprint density at radius 3 is 2.18 bits per heavy atom. The van der Waals surface area contributed by atoms with E-state index < -0.39 is 5.60 Å². The van der Waals surface area contributed by atoms with Crippen LogP contribution in [-0.2, 0) is 16.1 Å². The van der Waals surface area contributed by atoms with Crippen LogP contribution < -0.4 is 0 Å². The van der Waals surface area contributed by atoms with Crippen LogP contribution in [0.4, 0.5) is 9.59 Å². The van der Waals surface area contributed by atoms with Gasteiger partial charge in [-0.3, -0.25) is 0 Å². The van der Waals surface area contributed by atoms with Crippen molar-refractivity contribution in [1.29, 1.82) is 0 Å². The third-order valence-corrected chi connectivity index (χ3v) is 5.55. The lowest BCUT2D eigenvalue weighted by molar-refractivity contribution is 0.0161. The van der Waals surface area contributed by atoms with Crippen LogP contribution in [0.2, 0.25) is 0 Å². The maximum Gasteiger partial charge on any atom is 0.410 e. The van der Waals surface area contributed by atoms with Crippen molar-refractivity contribution in [3.05, 3.63) is 35.9 Å². The molecule has 1 atom stereocenters. The lowest BCUT2D eigenvalue weighted by atomic mass is 9.84. The Balaban J connectivity index is 1.41. The molecule has 2 heterocycles. The third-order valence-electron chi connectivity index (χ3n) is 5.55. The van der Waals surface area contributed by atoms with Crippen molar-refractivity contribution in [1.82, 2.24) is 9.80 Å². The SMILES string of the molecule is CC(C)(C)OC(=O)N1CCC([C@@H]2CCN(C(=O)OCc3ccccc3)C2)CC1. The summed E-state index contributed by atoms with van der Waals surface area (Å²) in [6.07, 6.45) is 2.51. The molecule has 0 spiro atoms. The maximum absolute atomic E-state index is 12.4. The summed E-state index contributed by atoms with van der Waals surface area (Å²) < 4.78 is 10.9. The summed E-state index contributed by atoms with van der Waals surface area (Å²) in [4.78, 5) is 28.2. The van der Waals surface area contributed by atoms with E-state index >= 15 is 0 Å². The zero-order chi connectivity index (χ0) is 20.1. The first-order valence-electron chi connectivity index (χ1n) is 10.3. The van der Waals surface area contributed by atoms with E-state index in [0.29, 0.717) is 18.4 Å². The summed E-state index contributed by atoms with van der Waals surface area (Å²) in [7, 11) is 0. The van der Waals surface area contributed by atoms with Crippen LogP contribution >= 0.6 is 0 Å². The molecule has 1 aromatic rings. The number of hydrogen-bond acceptors (Lipinski definition) is 4. The molecule has 0 unspecified atom stereocenters. The van der Waals surface area contributed by atoms with Crippen molar-refractivity contribution in [3.63, 3.8) is 0 Å². The minimum absolute atomic E-state index is 0.219. The van der Waals surface area contributed by atoms with Gasteiger partial charge in [-0.05, 0) is 57.4 Å². The van der Waals surface area contributed by atoms with Crippen molar-refractivity contribution in [2.45, 2.75) is 52.2 Å². The molecule has 2 saturated heterocycles. The molecule has 0 radical (unpaired) electrons. The first-order chi connectivity index (χ1) is 13.3. The van der Waals surface area contributed by atoms with Crippen molar-refractivity contribution >= 4 is 12.2 Å². The standard InChI is InChI=1S/C22H32N2O4/c1-22(2,3)28-21(26)23-12-9-18(10-13-23)19-11-14-24(15-19)20(25)27-16-17-7-5-4-6-8-17/h4-8,18-19H,9-16H2,1-3H3/t19-/m1/s1. The summed E-state index contributed by atoms with van der Waals surface area (Å²) >= 11 is 0. The Hall–Kier alpha value is -2.24. The maximum atomic E-state index is 12.4. The zero-order valence-corrected chi connectivity index (χ0v) is 17.2. The van der Waals surface area contributed by atoms with Gasteiger partial charge >= 0.3 is 12.2 Å². The average Bonchev–Trinajstić information content (AvgIpc) is 3.16. The molecular formula is C22H32N2O4. The van der Waals surface area contributed by atoms with Gasteiger partial charge in [0.1, 0.15) is 12.2 Å². The summed E-state index contributed by atoms with van der Waals surface area (Å²) in [5.41, 5.74) is 0.543. The molecular weight excluding hydrogens is 356 g/mol. The minimum atomic E-state index is -0.458. The summed E-state index contributed by atoms with van der Waals surface area (Å²) in [6.45, 7) is 8.96. The van der Waals surface area contributed by atoms with Gasteiger partial charge in [0.15, 0.2) is 0 Å². The number of ether oxygens (including phenoxy) is 2. The Morgan fingerprint density at radius 1 is 0.929 bits per heavy atom. The van der Waals surface area contributed by atoms with Crippen molar-refractivity contribution in [2.24, 2.45) is 11.8 Å². The predicted octanol–water partition coefficient (Wildman–Crippen LogP) is 4.29. The average molecular weight is 389 g/mol. The number of carbonyl (C=O) groups is 2. The van der Waals surface area contributed by atoms with Gasteiger partial charge in [-0.2, -0.15) is 0 Å². The van der Waals surface area contributed by atoms with Crippen LogP contribution in [0.1, 0.15) is 45.6 Å². The monoisotopic (exact) mass is 388 g/mol. The molecule has 2 amide bonds. The van der Waals surface area contributed by atoms with Gasteiger partial charge in [-0.25, -0.2) is 9.59 Å². The molecule has 1 aromatic carbocycles. The van der Waals surface area contributed by atoms with Gasteiger partial charge in [-0.15, -0.1) is 0 Å². The molecule has 28 heavy (non-hydrogen) atoms. The second-order valence-corrected chi connectivity index (χ2v) is 8.84. The van der Waals surface area contributed by atoms with Gasteiger partial charge < -0.3 is 19.3 Å². The van der Waals surface area contributed by atoms with Gasteiger partial charge in [0.2, 0.25) is 0 Å². The van der Waals surface area contributed by atoms with Gasteiger partial charge in [0.25, 0.3) is 0 Å². The van der Waals surface area contributed by atoms with Crippen LogP contribution in [0, 0.1) is 11.8 Å². The first-order valence-corrected chi connectivity index (χ1v) is 10.3. The number of rotatable bonds is 3. The zero-order valence-electron chi connectivity index (χ0n) is 17.2. The van der Waals surface area contributed by atoms with Crippen molar-refractivity contribution in [2.75, 3.05) is 26.2 Å². The Kier molecular flexibility index (Phi) is 6.47. The lowest BCUT2D eigenvalue weighted by Gasteiger charge is -2.35. The van der Waals surface area contributed by atoms with Crippen LogP contribution in [0.5, 0.6) is 0 Å². The van der Waals surface area contributed by atoms with E-state index in [4.69, 9.17) is 9.47 Å². The predicted molar refractivity (Wildman–Crippen MR) is 107 cm³/mol. The molecule has 2 fully saturated rings. The number of nitrogens with zero attached hydrogens (tertiary/aromatic N) is 2. The van der Waals surface area contributed by atoms with E-state index in [1.54, 1.807) is 0 Å². The molecule has 3 rings (SSSR count). The fraction of sp³-hybridized carbons (Fsp3) is 0.636. The Labute approximate surface area is 167 Å². The largest absolute Gasteiger partial charge is 0.445 e. The Bertz CT molecular complexity index is 663. The molecule has 6 nitrogen and oxygen atoms in total. The fourth-order valence-electron chi connectivity index (χ4n) is 4.03. The topological polar surface area (TPSA) is 59.1 Å². The number of carbonyl (C=O) groups excluding carboxylic acids is 2. The van der Waals surface area contributed by atoms with E-state index in [1.807, 2.05) is 60.9 Å². The van der Waals surface area contributed by atoms with E-state index in [9.17, 15) is 9.59 Å². The molecule has 0 saturated carbocycles. The summed E-state index contributed by atoms with van der Waals surface area (Å²) in [5.74, 6) is 1.04. The van der Waals surface area contributed by atoms with Crippen LogP contribution in [0.25, 0.3) is 0 Å². The molecule has 0 N–H and O–H groups in total. The fourth-order valence-corrected chi connectivity index (χ4v) is 4.03. The normalized spacial score (nSPS) is 20.9. The lowest BCUT2D eigenvalue weighted by Crippen LogP contribution is -2.43. The molecule has 154 valence electrons. The first kappa shape index (κ1) is 20.5. The summed E-state index contributed by atoms with van der Waals surface area (Å²) in [5, 5.41) is 0. The van der Waals surface area contributed by atoms with Gasteiger partial charge in [0, 0.05) is 26.2 Å². The highest BCUT2D eigenvalue weighted by Gasteiger charge is 2.35. The van der Waals surface area contributed by atoms with Crippen LogP contribution in [-0.4, -0.2) is 53.8 Å². The minimum Gasteiger partial charge on any atom is -0.445 e. The molecule has 2 aliphatic rings. The highest BCUT2D eigenvalue weighted by Crippen LogP contribution is 2.32. The van der Waals surface area contributed by atoms with Crippen molar-refractivity contribution < 1.29 is 19.1 Å². The van der Waals surface area contributed by atoms with Crippen LogP contribution in [0.3, 0.4) is 0 Å². The van der Waals surface area contributed by atoms with E-state index in [2.05, 4.69) is 0 Å². The number of hydrogen-bond donors (Lipinski definition) is 0. The number of amides is 2. The van der Waals surface area contributed by atoms with Gasteiger partial charge in [-0.1, -0.05) is 30.3 Å².